The van der Waals surface area contributed by atoms with Gasteiger partial charge in [0.25, 0.3) is 11.8 Å². The normalized spacial score (nSPS) is 10.5. The van der Waals surface area contributed by atoms with Gasteiger partial charge in [0.2, 0.25) is 0 Å². The lowest BCUT2D eigenvalue weighted by atomic mass is 10.1. The van der Waals surface area contributed by atoms with E-state index in [1.807, 2.05) is 43.3 Å². The van der Waals surface area contributed by atoms with Crippen molar-refractivity contribution in [1.29, 1.82) is 0 Å². The van der Waals surface area contributed by atoms with Crippen molar-refractivity contribution in [2.45, 2.75) is 26.7 Å². The predicted molar refractivity (Wildman–Crippen MR) is 99.3 cm³/mol. The standard InChI is InChI=1S/C18H19N5O2S/c1-3-7-13-10-16(26-12(13)2)18(25)21-20-17(24)15-11-23(22-19-15)14-8-5-4-6-9-14/h4-6,8-11H,3,7H2,1-2H3,(H,20,24)(H,21,25). The predicted octanol–water partition coefficient (Wildman–Crippen LogP) is 2.66. The average molecular weight is 369 g/mol. The highest BCUT2D eigenvalue weighted by Gasteiger charge is 2.15. The van der Waals surface area contributed by atoms with Gasteiger partial charge >= 0.3 is 0 Å². The molecule has 0 unspecified atom stereocenters. The number of hydrogen-bond donors (Lipinski definition) is 2. The van der Waals surface area contributed by atoms with Gasteiger partial charge in [0, 0.05) is 4.88 Å². The summed E-state index contributed by atoms with van der Waals surface area (Å²) in [6, 6.07) is 11.2. The highest BCUT2D eigenvalue weighted by molar-refractivity contribution is 7.14. The minimum Gasteiger partial charge on any atom is -0.266 e. The van der Waals surface area contributed by atoms with Gasteiger partial charge in [-0.05, 0) is 37.1 Å². The maximum absolute atomic E-state index is 12.2. The second-order valence-corrected chi connectivity index (χ2v) is 6.99. The fourth-order valence-electron chi connectivity index (χ4n) is 2.46. The summed E-state index contributed by atoms with van der Waals surface area (Å²) in [6.45, 7) is 4.09. The monoisotopic (exact) mass is 369 g/mol. The highest BCUT2D eigenvalue weighted by Crippen LogP contribution is 2.22. The lowest BCUT2D eigenvalue weighted by Crippen LogP contribution is -2.41. The van der Waals surface area contributed by atoms with Crippen LogP contribution in [-0.4, -0.2) is 26.8 Å². The van der Waals surface area contributed by atoms with Crippen LogP contribution in [0.2, 0.25) is 0 Å². The summed E-state index contributed by atoms with van der Waals surface area (Å²) in [4.78, 5) is 26.1. The molecule has 0 bridgehead atoms. The van der Waals surface area contributed by atoms with Crippen LogP contribution in [0, 0.1) is 6.92 Å². The van der Waals surface area contributed by atoms with Crippen LogP contribution >= 0.6 is 11.3 Å². The van der Waals surface area contributed by atoms with E-state index in [9.17, 15) is 9.59 Å². The van der Waals surface area contributed by atoms with Crippen LogP contribution < -0.4 is 10.9 Å². The number of nitrogens with one attached hydrogen (secondary N) is 2. The number of carbonyl (C=O) groups is 2. The van der Waals surface area contributed by atoms with Crippen LogP contribution in [0.4, 0.5) is 0 Å². The van der Waals surface area contributed by atoms with Crippen LogP contribution in [-0.2, 0) is 6.42 Å². The van der Waals surface area contributed by atoms with Gasteiger partial charge in [-0.2, -0.15) is 0 Å². The third-order valence-electron chi connectivity index (χ3n) is 3.80. The van der Waals surface area contributed by atoms with E-state index in [4.69, 9.17) is 0 Å². The Hall–Kier alpha value is -3.00. The molecule has 3 aromatic rings. The zero-order chi connectivity index (χ0) is 18.5. The van der Waals surface area contributed by atoms with E-state index in [0.717, 1.165) is 23.4 Å². The Kier molecular flexibility index (Phi) is 5.43. The van der Waals surface area contributed by atoms with E-state index in [0.29, 0.717) is 4.88 Å². The lowest BCUT2D eigenvalue weighted by molar-refractivity contribution is 0.0846. The second kappa shape index (κ2) is 7.92. The maximum atomic E-state index is 12.2. The zero-order valence-electron chi connectivity index (χ0n) is 14.5. The summed E-state index contributed by atoms with van der Waals surface area (Å²) in [5, 5.41) is 7.76. The van der Waals surface area contributed by atoms with Crippen molar-refractivity contribution < 1.29 is 9.59 Å². The average Bonchev–Trinajstić information content (AvgIpc) is 3.28. The first-order chi connectivity index (χ1) is 12.6. The molecule has 2 aromatic heterocycles. The first kappa shape index (κ1) is 17.8. The number of hydrazine groups is 1. The van der Waals surface area contributed by atoms with Gasteiger partial charge in [0.1, 0.15) is 0 Å². The molecule has 0 spiro atoms. The van der Waals surface area contributed by atoms with Gasteiger partial charge in [-0.25, -0.2) is 4.68 Å². The molecule has 2 N–H and O–H groups in total. The minimum atomic E-state index is -0.525. The van der Waals surface area contributed by atoms with E-state index in [1.165, 1.54) is 27.8 Å². The molecule has 0 saturated carbocycles. The number of amides is 2. The van der Waals surface area contributed by atoms with Gasteiger partial charge in [-0.15, -0.1) is 16.4 Å². The van der Waals surface area contributed by atoms with Crippen molar-refractivity contribution in [3.63, 3.8) is 0 Å². The maximum Gasteiger partial charge on any atom is 0.291 e. The van der Waals surface area contributed by atoms with Crippen molar-refractivity contribution >= 4 is 23.2 Å². The Balaban J connectivity index is 1.61. The van der Waals surface area contributed by atoms with Crippen molar-refractivity contribution in [2.24, 2.45) is 0 Å². The Bertz CT molecular complexity index is 917. The number of benzene rings is 1. The van der Waals surface area contributed by atoms with Gasteiger partial charge < -0.3 is 0 Å². The molecule has 3 rings (SSSR count). The van der Waals surface area contributed by atoms with Crippen LogP contribution in [0.3, 0.4) is 0 Å². The first-order valence-corrected chi connectivity index (χ1v) is 9.08. The smallest absolute Gasteiger partial charge is 0.266 e. The summed E-state index contributed by atoms with van der Waals surface area (Å²) in [6.07, 6.45) is 3.46. The molecule has 0 radical (unpaired) electrons. The molecule has 2 heterocycles. The molecule has 8 heteroatoms. The summed E-state index contributed by atoms with van der Waals surface area (Å²) in [5.74, 6) is -0.869. The number of thiophene rings is 1. The van der Waals surface area contributed by atoms with Crippen molar-refractivity contribution in [3.05, 3.63) is 63.6 Å². The largest absolute Gasteiger partial charge is 0.291 e. The fraction of sp³-hybridized carbons (Fsp3) is 0.222. The van der Waals surface area contributed by atoms with Crippen molar-refractivity contribution in [1.82, 2.24) is 25.8 Å². The quantitative estimate of drug-likeness (QED) is 0.677. The highest BCUT2D eigenvalue weighted by atomic mass is 32.1. The topological polar surface area (TPSA) is 88.9 Å². The Labute approximate surface area is 155 Å². The number of carbonyl (C=O) groups excluding carboxylic acids is 2. The molecule has 26 heavy (non-hydrogen) atoms. The van der Waals surface area contributed by atoms with E-state index in [2.05, 4.69) is 28.1 Å². The Morgan fingerprint density at radius 1 is 1.15 bits per heavy atom. The zero-order valence-corrected chi connectivity index (χ0v) is 15.3. The van der Waals surface area contributed by atoms with E-state index < -0.39 is 5.91 Å². The summed E-state index contributed by atoms with van der Waals surface area (Å²) in [7, 11) is 0. The molecule has 0 aliphatic heterocycles. The molecule has 1 aromatic carbocycles. The third-order valence-corrected chi connectivity index (χ3v) is 4.89. The summed E-state index contributed by atoms with van der Waals surface area (Å²) < 4.78 is 1.50. The van der Waals surface area contributed by atoms with Crippen LogP contribution in [0.1, 0.15) is 43.9 Å². The molecule has 0 atom stereocenters. The molecular formula is C18H19N5O2S. The molecule has 7 nitrogen and oxygen atoms in total. The van der Waals surface area contributed by atoms with Crippen LogP contribution in [0.15, 0.2) is 42.6 Å². The van der Waals surface area contributed by atoms with Crippen LogP contribution in [0.25, 0.3) is 5.69 Å². The Morgan fingerprint density at radius 3 is 2.62 bits per heavy atom. The second-order valence-electron chi connectivity index (χ2n) is 5.73. The number of aromatic nitrogens is 3. The molecular weight excluding hydrogens is 350 g/mol. The van der Waals surface area contributed by atoms with Gasteiger partial charge in [-0.1, -0.05) is 36.8 Å². The minimum absolute atomic E-state index is 0.114. The SMILES string of the molecule is CCCc1cc(C(=O)NNC(=O)c2cn(-c3ccccc3)nn2)sc1C. The number of hydrogen-bond acceptors (Lipinski definition) is 5. The Morgan fingerprint density at radius 2 is 1.88 bits per heavy atom. The molecule has 0 fully saturated rings. The number of rotatable bonds is 5. The molecule has 0 saturated heterocycles. The van der Waals surface area contributed by atoms with E-state index in [1.54, 1.807) is 0 Å². The van der Waals surface area contributed by atoms with Gasteiger partial charge in [0.05, 0.1) is 16.8 Å². The number of aryl methyl sites for hydroxylation is 2. The van der Waals surface area contributed by atoms with Crippen molar-refractivity contribution in [3.8, 4) is 5.69 Å². The van der Waals surface area contributed by atoms with Gasteiger partial charge in [0.15, 0.2) is 5.69 Å². The fourth-order valence-corrected chi connectivity index (χ4v) is 3.43. The molecule has 0 aliphatic carbocycles. The lowest BCUT2D eigenvalue weighted by Gasteiger charge is -2.03. The van der Waals surface area contributed by atoms with Crippen molar-refractivity contribution in [2.75, 3.05) is 0 Å². The summed E-state index contributed by atoms with van der Waals surface area (Å²) in [5.41, 5.74) is 6.87. The van der Waals surface area contributed by atoms with Gasteiger partial charge in [-0.3, -0.25) is 20.4 Å². The molecule has 134 valence electrons. The van der Waals surface area contributed by atoms with E-state index in [-0.39, 0.29) is 11.6 Å². The first-order valence-electron chi connectivity index (χ1n) is 8.26. The third kappa shape index (κ3) is 3.97. The molecule has 0 aliphatic rings. The number of nitrogens with zero attached hydrogens (tertiary/aromatic N) is 3. The number of para-hydroxylation sites is 1. The van der Waals surface area contributed by atoms with E-state index >= 15 is 0 Å². The van der Waals surface area contributed by atoms with Crippen LogP contribution in [0.5, 0.6) is 0 Å². The summed E-state index contributed by atoms with van der Waals surface area (Å²) >= 11 is 1.42. The molecule has 2 amide bonds.